The Morgan fingerprint density at radius 3 is 2.47 bits per heavy atom. The van der Waals surface area contributed by atoms with Gasteiger partial charge in [-0.3, -0.25) is 9.59 Å². The normalized spacial score (nSPS) is 16.2. The molecule has 1 aliphatic heterocycles. The molecule has 2 aromatic rings. The van der Waals surface area contributed by atoms with E-state index >= 15 is 0 Å². The summed E-state index contributed by atoms with van der Waals surface area (Å²) in [4.78, 5) is 24.5. The molecule has 1 aliphatic rings. The molecule has 2 heterocycles. The van der Waals surface area contributed by atoms with Crippen LogP contribution in [0.5, 0.6) is 0 Å². The Morgan fingerprint density at radius 2 is 1.83 bits per heavy atom. The zero-order valence-electron chi connectivity index (χ0n) is 16.0. The second kappa shape index (κ2) is 9.90. The fourth-order valence-electron chi connectivity index (χ4n) is 3.07. The number of sulfonamides is 1. The molecule has 7 nitrogen and oxygen atoms in total. The van der Waals surface area contributed by atoms with E-state index in [1.807, 2.05) is 0 Å². The molecule has 1 fully saturated rings. The molecular weight excluding hydrogens is 449 g/mol. The highest BCUT2D eigenvalue weighted by atomic mass is 32.2. The Balaban J connectivity index is 1.69. The molecule has 162 valence electrons. The number of rotatable bonds is 8. The lowest BCUT2D eigenvalue weighted by molar-refractivity contribution is -0.121. The van der Waals surface area contributed by atoms with Crippen LogP contribution in [0.15, 0.2) is 40.6 Å². The van der Waals surface area contributed by atoms with Crippen LogP contribution in [0, 0.1) is 11.7 Å². The number of thioether (sulfide) groups is 1. The van der Waals surface area contributed by atoms with Crippen molar-refractivity contribution in [2.45, 2.75) is 11.3 Å². The number of nitrogens with zero attached hydrogens (tertiary/aromatic N) is 1. The first-order valence-electron chi connectivity index (χ1n) is 9.26. The number of amides is 2. The van der Waals surface area contributed by atoms with Crippen molar-refractivity contribution < 1.29 is 22.4 Å². The van der Waals surface area contributed by atoms with Gasteiger partial charge in [0.1, 0.15) is 15.6 Å². The van der Waals surface area contributed by atoms with Gasteiger partial charge in [0.15, 0.2) is 0 Å². The van der Waals surface area contributed by atoms with Gasteiger partial charge in [-0.2, -0.15) is 16.1 Å². The molecule has 0 aliphatic carbocycles. The fraction of sp³-hybridized carbons (Fsp3) is 0.368. The van der Waals surface area contributed by atoms with Gasteiger partial charge < -0.3 is 11.1 Å². The van der Waals surface area contributed by atoms with Crippen LogP contribution < -0.4 is 11.1 Å². The van der Waals surface area contributed by atoms with Crippen LogP contribution in [0.2, 0.25) is 0 Å². The highest BCUT2D eigenvalue weighted by Crippen LogP contribution is 2.27. The number of nitrogens with two attached hydrogens (primary N) is 1. The Labute approximate surface area is 182 Å². The SMILES string of the molecule is NC(=O)C(CNC(=O)c1sccc1S(=O)(=O)N1CCSCC1)Cc1ccc(F)cc1. The van der Waals surface area contributed by atoms with Gasteiger partial charge in [0.05, 0.1) is 5.92 Å². The van der Waals surface area contributed by atoms with E-state index in [0.717, 1.165) is 11.3 Å². The summed E-state index contributed by atoms with van der Waals surface area (Å²) in [6.07, 6.45) is 0.233. The second-order valence-electron chi connectivity index (χ2n) is 6.77. The molecule has 0 radical (unpaired) electrons. The average molecular weight is 472 g/mol. The molecule has 1 atom stereocenters. The van der Waals surface area contributed by atoms with Crippen LogP contribution in [-0.2, 0) is 21.2 Å². The van der Waals surface area contributed by atoms with Gasteiger partial charge in [-0.05, 0) is 35.6 Å². The smallest absolute Gasteiger partial charge is 0.262 e. The molecule has 3 rings (SSSR count). The van der Waals surface area contributed by atoms with Gasteiger partial charge in [-0.25, -0.2) is 12.8 Å². The van der Waals surface area contributed by atoms with E-state index in [1.54, 1.807) is 29.3 Å². The summed E-state index contributed by atoms with van der Waals surface area (Å²) in [6, 6.07) is 7.10. The predicted molar refractivity (Wildman–Crippen MR) is 116 cm³/mol. The Hall–Kier alpha value is -1.95. The number of nitrogens with one attached hydrogen (secondary N) is 1. The Bertz CT molecular complexity index is 1000. The lowest BCUT2D eigenvalue weighted by Crippen LogP contribution is -2.39. The summed E-state index contributed by atoms with van der Waals surface area (Å²) in [5.74, 6) is -0.840. The second-order valence-corrected chi connectivity index (χ2v) is 10.8. The van der Waals surface area contributed by atoms with Crippen molar-refractivity contribution in [3.05, 3.63) is 52.0 Å². The van der Waals surface area contributed by atoms with Gasteiger partial charge in [-0.15, -0.1) is 11.3 Å². The van der Waals surface area contributed by atoms with Crippen LogP contribution in [0.4, 0.5) is 4.39 Å². The van der Waals surface area contributed by atoms with E-state index in [1.165, 1.54) is 22.5 Å². The molecule has 0 spiro atoms. The van der Waals surface area contributed by atoms with E-state index in [-0.39, 0.29) is 28.6 Å². The number of primary amides is 1. The quantitative estimate of drug-likeness (QED) is 0.609. The molecule has 1 saturated heterocycles. The molecule has 1 unspecified atom stereocenters. The number of carbonyl (C=O) groups excluding carboxylic acids is 2. The number of hydrogen-bond donors (Lipinski definition) is 2. The number of halogens is 1. The van der Waals surface area contributed by atoms with Gasteiger partial charge in [-0.1, -0.05) is 12.1 Å². The highest BCUT2D eigenvalue weighted by Gasteiger charge is 2.31. The maximum atomic E-state index is 13.1. The third kappa shape index (κ3) is 5.39. The van der Waals surface area contributed by atoms with E-state index in [4.69, 9.17) is 5.73 Å². The van der Waals surface area contributed by atoms with Crippen LogP contribution in [-0.4, -0.2) is 55.7 Å². The van der Waals surface area contributed by atoms with Crippen LogP contribution in [0.25, 0.3) is 0 Å². The summed E-state index contributed by atoms with van der Waals surface area (Å²) >= 11 is 2.72. The minimum Gasteiger partial charge on any atom is -0.369 e. The van der Waals surface area contributed by atoms with Crippen LogP contribution in [0.3, 0.4) is 0 Å². The van der Waals surface area contributed by atoms with Gasteiger partial charge >= 0.3 is 0 Å². The molecule has 11 heteroatoms. The topological polar surface area (TPSA) is 110 Å². The van der Waals surface area contributed by atoms with Gasteiger partial charge in [0, 0.05) is 31.1 Å². The first-order chi connectivity index (χ1) is 14.3. The van der Waals surface area contributed by atoms with Gasteiger partial charge in [0.2, 0.25) is 15.9 Å². The van der Waals surface area contributed by atoms with Crippen LogP contribution >= 0.6 is 23.1 Å². The third-order valence-corrected chi connectivity index (χ3v) is 8.66. The van der Waals surface area contributed by atoms with E-state index in [9.17, 15) is 22.4 Å². The number of benzene rings is 1. The molecule has 1 aromatic heterocycles. The zero-order chi connectivity index (χ0) is 21.7. The Kier molecular flexibility index (Phi) is 7.50. The number of carbonyl (C=O) groups is 2. The molecular formula is C19H22FN3O4S3. The molecule has 2 amide bonds. The standard InChI is InChI=1S/C19H22FN3O4S3/c20-15-3-1-13(2-4-15)11-14(18(21)24)12-22-19(25)17-16(5-8-29-17)30(26,27)23-6-9-28-10-7-23/h1-5,8,14H,6-7,9-12H2,(H2,21,24)(H,22,25). The first kappa shape index (κ1) is 22.7. The Morgan fingerprint density at radius 1 is 1.17 bits per heavy atom. The van der Waals surface area contributed by atoms with Gasteiger partial charge in [0.25, 0.3) is 5.91 Å². The summed E-state index contributed by atoms with van der Waals surface area (Å²) in [6.45, 7) is 0.764. The largest absolute Gasteiger partial charge is 0.369 e. The summed E-state index contributed by atoms with van der Waals surface area (Å²) < 4.78 is 40.3. The van der Waals surface area contributed by atoms with Crippen molar-refractivity contribution in [1.29, 1.82) is 0 Å². The molecule has 0 bridgehead atoms. The maximum absolute atomic E-state index is 13.1. The van der Waals surface area contributed by atoms with Crippen molar-refractivity contribution in [2.24, 2.45) is 11.7 Å². The van der Waals surface area contributed by atoms with Crippen molar-refractivity contribution >= 4 is 44.9 Å². The maximum Gasteiger partial charge on any atom is 0.262 e. The van der Waals surface area contributed by atoms with Crippen LogP contribution in [0.1, 0.15) is 15.2 Å². The zero-order valence-corrected chi connectivity index (χ0v) is 18.5. The van der Waals surface area contributed by atoms with Crippen molar-refractivity contribution in [2.75, 3.05) is 31.1 Å². The van der Waals surface area contributed by atoms with Crippen molar-refractivity contribution in [1.82, 2.24) is 9.62 Å². The number of thiophene rings is 1. The lowest BCUT2D eigenvalue weighted by atomic mass is 9.98. The van der Waals surface area contributed by atoms with E-state index in [2.05, 4.69) is 5.32 Å². The minimum absolute atomic E-state index is 0.0222. The monoisotopic (exact) mass is 471 g/mol. The first-order valence-corrected chi connectivity index (χ1v) is 12.7. The number of hydrogen-bond acceptors (Lipinski definition) is 6. The molecule has 3 N–H and O–H groups in total. The predicted octanol–water partition coefficient (Wildman–Crippen LogP) is 1.70. The minimum atomic E-state index is -3.76. The van der Waals surface area contributed by atoms with Crippen molar-refractivity contribution in [3.63, 3.8) is 0 Å². The molecule has 30 heavy (non-hydrogen) atoms. The lowest BCUT2D eigenvalue weighted by Gasteiger charge is -2.25. The summed E-state index contributed by atoms with van der Waals surface area (Å²) in [5, 5.41) is 4.18. The average Bonchev–Trinajstić information content (AvgIpc) is 3.23. The van der Waals surface area contributed by atoms with E-state index in [0.29, 0.717) is 30.2 Å². The van der Waals surface area contributed by atoms with E-state index < -0.39 is 27.8 Å². The fourth-order valence-corrected chi connectivity index (χ4v) is 6.96. The van der Waals surface area contributed by atoms with Crippen molar-refractivity contribution in [3.8, 4) is 0 Å². The third-order valence-electron chi connectivity index (χ3n) is 4.73. The molecule has 1 aromatic carbocycles. The summed E-state index contributed by atoms with van der Waals surface area (Å²) in [7, 11) is -3.76. The highest BCUT2D eigenvalue weighted by molar-refractivity contribution is 7.99. The summed E-state index contributed by atoms with van der Waals surface area (Å²) in [5.41, 5.74) is 6.16. The molecule has 0 saturated carbocycles.